The molecule has 16 heteroatoms. The van der Waals surface area contributed by atoms with Gasteiger partial charge in [-0.05, 0) is 84.0 Å². The fourth-order valence-corrected chi connectivity index (χ4v) is 11.0. The number of amides is 4. The monoisotopic (exact) mass is 852 g/mol. The van der Waals surface area contributed by atoms with Crippen LogP contribution in [0.1, 0.15) is 78.1 Å². The van der Waals surface area contributed by atoms with Gasteiger partial charge in [-0.2, -0.15) is 0 Å². The number of benzene rings is 2. The molecule has 6 atom stereocenters. The Labute approximate surface area is 356 Å². The molecule has 0 radical (unpaired) electrons. The number of imidazole rings is 2. The SMILES string of the molecule is COC(=O)N[C@H](C(=O)N1C[C@@H](C)C[C@H]1c1nc2ccc(-c3cc4sc(-c5ccc6nc([C@@H]7C[C@H](C)CN7C(=O)[C@@H](NC(=O)OC)C(C)C)[nH]c6c5)cc4s3)cc2[nH]1)C(C)C. The molecular weight excluding hydrogens is 801 g/mol. The van der Waals surface area contributed by atoms with Gasteiger partial charge in [-0.25, -0.2) is 19.6 Å². The van der Waals surface area contributed by atoms with Crippen molar-refractivity contribution in [3.63, 3.8) is 0 Å². The normalized spacial score (nSPS) is 20.4. The highest BCUT2D eigenvalue weighted by atomic mass is 32.1. The number of methoxy groups -OCH3 is 2. The van der Waals surface area contributed by atoms with Crippen LogP contribution >= 0.6 is 22.7 Å². The predicted octanol–water partition coefficient (Wildman–Crippen LogP) is 8.63. The van der Waals surface area contributed by atoms with Crippen molar-refractivity contribution in [1.29, 1.82) is 0 Å². The number of nitrogens with one attached hydrogen (secondary N) is 4. The Hall–Kier alpha value is -5.48. The van der Waals surface area contributed by atoms with Crippen molar-refractivity contribution in [2.75, 3.05) is 27.3 Å². The highest BCUT2D eigenvalue weighted by Gasteiger charge is 2.41. The maximum absolute atomic E-state index is 13.8. The van der Waals surface area contributed by atoms with Crippen molar-refractivity contribution < 1.29 is 28.7 Å². The van der Waals surface area contributed by atoms with Crippen molar-refractivity contribution >= 4 is 78.1 Å². The molecule has 6 heterocycles. The van der Waals surface area contributed by atoms with E-state index in [9.17, 15) is 19.2 Å². The minimum atomic E-state index is -0.700. The smallest absolute Gasteiger partial charge is 0.407 e. The summed E-state index contributed by atoms with van der Waals surface area (Å²) in [5.41, 5.74) is 5.66. The van der Waals surface area contributed by atoms with Crippen LogP contribution in [0, 0.1) is 23.7 Å². The number of thiophene rings is 2. The summed E-state index contributed by atoms with van der Waals surface area (Å²) in [7, 11) is 2.60. The molecule has 0 bridgehead atoms. The van der Waals surface area contributed by atoms with Crippen molar-refractivity contribution in [3.8, 4) is 20.9 Å². The van der Waals surface area contributed by atoms with Gasteiger partial charge in [0.1, 0.15) is 23.7 Å². The van der Waals surface area contributed by atoms with Crippen LogP contribution in [0.4, 0.5) is 9.59 Å². The molecule has 4 amide bonds. The number of carbonyl (C=O) groups is 4. The highest BCUT2D eigenvalue weighted by molar-refractivity contribution is 7.31. The third-order valence-corrected chi connectivity index (χ3v) is 14.2. The van der Waals surface area contributed by atoms with Crippen LogP contribution in [0.15, 0.2) is 48.5 Å². The first kappa shape index (κ1) is 41.3. The zero-order valence-corrected chi connectivity index (χ0v) is 36.8. The molecular formula is C44H52N8O6S2. The van der Waals surface area contributed by atoms with Gasteiger partial charge >= 0.3 is 12.2 Å². The molecule has 0 spiro atoms. The second kappa shape index (κ2) is 16.5. The molecule has 2 saturated heterocycles. The predicted molar refractivity (Wildman–Crippen MR) is 235 cm³/mol. The molecule has 0 unspecified atom stereocenters. The Morgan fingerprint density at radius 2 is 1.07 bits per heavy atom. The summed E-state index contributed by atoms with van der Waals surface area (Å²) < 4.78 is 12.0. The fourth-order valence-electron chi connectivity index (χ4n) is 8.65. The van der Waals surface area contributed by atoms with Crippen molar-refractivity contribution in [2.24, 2.45) is 23.7 Å². The van der Waals surface area contributed by atoms with E-state index in [1.807, 2.05) is 49.6 Å². The maximum atomic E-state index is 13.8. The average Bonchev–Trinajstić information content (AvgIpc) is 4.07. The van der Waals surface area contributed by atoms with Gasteiger partial charge in [-0.15, -0.1) is 22.7 Å². The van der Waals surface area contributed by atoms with Gasteiger partial charge in [-0.1, -0.05) is 53.7 Å². The summed E-state index contributed by atoms with van der Waals surface area (Å²) in [6.45, 7) is 13.1. The Morgan fingerprint density at radius 3 is 1.43 bits per heavy atom. The first-order chi connectivity index (χ1) is 28.7. The van der Waals surface area contributed by atoms with E-state index in [0.29, 0.717) is 13.1 Å². The molecule has 2 aromatic carbocycles. The number of ether oxygens (including phenoxy) is 2. The van der Waals surface area contributed by atoms with Crippen molar-refractivity contribution in [3.05, 3.63) is 60.2 Å². The molecule has 0 saturated carbocycles. The first-order valence-corrected chi connectivity index (χ1v) is 22.2. The number of aromatic amines is 2. The Bertz CT molecular complexity index is 2390. The molecule has 0 aliphatic carbocycles. The summed E-state index contributed by atoms with van der Waals surface area (Å²) >= 11 is 3.49. The first-order valence-electron chi connectivity index (χ1n) is 20.5. The molecule has 2 aliphatic heterocycles. The summed E-state index contributed by atoms with van der Waals surface area (Å²) in [5.74, 6) is 1.55. The number of carbonyl (C=O) groups excluding carboxylic acids is 4. The van der Waals surface area contributed by atoms with Gasteiger partial charge in [0.05, 0.1) is 48.4 Å². The molecule has 8 rings (SSSR count). The lowest BCUT2D eigenvalue weighted by molar-refractivity contribution is -0.136. The molecule has 4 aromatic heterocycles. The lowest BCUT2D eigenvalue weighted by Gasteiger charge is -2.30. The van der Waals surface area contributed by atoms with Crippen molar-refractivity contribution in [1.82, 2.24) is 40.4 Å². The van der Waals surface area contributed by atoms with Gasteiger partial charge in [0, 0.05) is 32.2 Å². The lowest BCUT2D eigenvalue weighted by atomic mass is 10.0. The number of nitrogens with zero attached hydrogens (tertiary/aromatic N) is 4. The van der Waals surface area contributed by atoms with Crippen LogP contribution < -0.4 is 10.6 Å². The van der Waals surface area contributed by atoms with E-state index in [4.69, 9.17) is 19.4 Å². The van der Waals surface area contributed by atoms with E-state index < -0.39 is 24.3 Å². The molecule has 6 aromatic rings. The largest absolute Gasteiger partial charge is 0.453 e. The number of H-pyrrole nitrogens is 2. The van der Waals surface area contributed by atoms with E-state index in [0.717, 1.165) is 67.4 Å². The lowest BCUT2D eigenvalue weighted by Crippen LogP contribution is -2.51. The molecule has 316 valence electrons. The van der Waals surface area contributed by atoms with Crippen molar-refractivity contribution in [2.45, 2.75) is 78.6 Å². The third-order valence-electron chi connectivity index (χ3n) is 11.8. The Kier molecular flexibility index (Phi) is 11.4. The number of hydrogen-bond acceptors (Lipinski definition) is 10. The van der Waals surface area contributed by atoms with Crippen LogP contribution in [0.3, 0.4) is 0 Å². The number of alkyl carbamates (subject to hydrolysis) is 2. The second-order valence-corrected chi connectivity index (χ2v) is 19.2. The van der Waals surface area contributed by atoms with Gasteiger partial charge in [0.2, 0.25) is 11.8 Å². The Balaban J connectivity index is 1.00. The van der Waals surface area contributed by atoms with Gasteiger partial charge in [0.25, 0.3) is 0 Å². The van der Waals surface area contributed by atoms with Gasteiger partial charge in [-0.3, -0.25) is 9.59 Å². The molecule has 4 N–H and O–H groups in total. The minimum Gasteiger partial charge on any atom is -0.453 e. The van der Waals surface area contributed by atoms with Gasteiger partial charge < -0.3 is 39.9 Å². The second-order valence-electron chi connectivity index (χ2n) is 17.1. The summed E-state index contributed by atoms with van der Waals surface area (Å²) in [5, 5.41) is 5.46. The molecule has 2 fully saturated rings. The van der Waals surface area contributed by atoms with Crippen LogP contribution in [0.5, 0.6) is 0 Å². The minimum absolute atomic E-state index is 0.114. The van der Waals surface area contributed by atoms with E-state index >= 15 is 0 Å². The Morgan fingerprint density at radius 1 is 0.667 bits per heavy atom. The standard InChI is InChI=1S/C44H52N8O6S2/c1-21(2)37(49-43(55)57-7)41(53)51-19-23(5)13-31(51)39-45-27-11-9-25(15-29(27)47-39)33-17-35-36(59-33)18-34(60-35)26-10-12-28-30(16-26)48-40(46-28)32-14-24(6)20-52(32)42(54)38(22(3)4)50-44(56)58-8/h9-12,15-18,21-24,31-32,37-38H,13-14,19-20H2,1-8H3,(H,45,47)(H,46,48)(H,49,55)(H,50,56)/t23-,24-,31-,32-,37-,38-/m0/s1. The topological polar surface area (TPSA) is 175 Å². The highest BCUT2D eigenvalue weighted by Crippen LogP contribution is 2.43. The van der Waals surface area contributed by atoms with E-state index in [2.05, 4.69) is 70.8 Å². The zero-order chi connectivity index (χ0) is 42.6. The van der Waals surface area contributed by atoms with E-state index in [1.165, 1.54) is 23.6 Å². The number of rotatable bonds is 10. The fraction of sp³-hybridized carbons (Fsp3) is 0.455. The summed E-state index contributed by atoms with van der Waals surface area (Å²) in [6, 6.07) is 15.1. The quantitative estimate of drug-likeness (QED) is 0.106. The van der Waals surface area contributed by atoms with Gasteiger partial charge in [0.15, 0.2) is 0 Å². The third kappa shape index (κ3) is 7.94. The van der Waals surface area contributed by atoms with Crippen LogP contribution in [-0.2, 0) is 19.1 Å². The van der Waals surface area contributed by atoms with E-state index in [-0.39, 0.29) is 47.6 Å². The maximum Gasteiger partial charge on any atom is 0.407 e. The summed E-state index contributed by atoms with van der Waals surface area (Å²) in [6.07, 6.45) is 0.302. The number of aromatic nitrogens is 4. The molecule has 14 nitrogen and oxygen atoms in total. The van der Waals surface area contributed by atoms with Crippen LogP contribution in [-0.4, -0.2) is 93.1 Å². The summed E-state index contributed by atoms with van der Waals surface area (Å²) in [4.78, 5) is 74.7. The number of likely N-dealkylation sites (tertiary alicyclic amines) is 2. The van der Waals surface area contributed by atoms with Crippen LogP contribution in [0.2, 0.25) is 0 Å². The molecule has 2 aliphatic rings. The average molecular weight is 853 g/mol. The van der Waals surface area contributed by atoms with E-state index in [1.54, 1.807) is 22.7 Å². The van der Waals surface area contributed by atoms with Crippen LogP contribution in [0.25, 0.3) is 52.3 Å². The number of hydrogen-bond donors (Lipinski definition) is 4. The number of fused-ring (bicyclic) bond motifs is 3. The zero-order valence-electron chi connectivity index (χ0n) is 35.1. The molecule has 60 heavy (non-hydrogen) atoms.